The standard InChI is InChI=1S/C12H12ClFN2O4/c13-8-5-11(16(19)20)10(6-9(8)14)15-3-1-7(2-4-15)12(17)18/h5-7H,1-4H2,(H,17,18). The van der Waals surface area contributed by atoms with Gasteiger partial charge in [0.25, 0.3) is 5.69 Å². The van der Waals surface area contributed by atoms with E-state index in [9.17, 15) is 19.3 Å². The van der Waals surface area contributed by atoms with Gasteiger partial charge >= 0.3 is 5.97 Å². The predicted molar refractivity (Wildman–Crippen MR) is 70.6 cm³/mol. The lowest BCUT2D eigenvalue weighted by Gasteiger charge is -2.31. The van der Waals surface area contributed by atoms with Crippen molar-refractivity contribution >= 4 is 28.9 Å². The molecule has 2 rings (SSSR count). The number of carbonyl (C=O) groups is 1. The van der Waals surface area contributed by atoms with E-state index in [2.05, 4.69) is 0 Å². The smallest absolute Gasteiger partial charge is 0.306 e. The van der Waals surface area contributed by atoms with Gasteiger partial charge in [-0.3, -0.25) is 14.9 Å². The summed E-state index contributed by atoms with van der Waals surface area (Å²) in [6, 6.07) is 2.01. The van der Waals surface area contributed by atoms with Crippen LogP contribution in [-0.4, -0.2) is 29.1 Å². The van der Waals surface area contributed by atoms with Gasteiger partial charge in [0.05, 0.1) is 15.9 Å². The van der Waals surface area contributed by atoms with Crippen LogP contribution in [0, 0.1) is 21.8 Å². The Kier molecular flexibility index (Phi) is 4.08. The average Bonchev–Trinajstić information content (AvgIpc) is 2.41. The Bertz CT molecular complexity index is 559. The molecule has 1 aliphatic rings. The molecule has 0 amide bonds. The molecular weight excluding hydrogens is 291 g/mol. The zero-order valence-electron chi connectivity index (χ0n) is 10.4. The number of rotatable bonds is 3. The monoisotopic (exact) mass is 302 g/mol. The number of carboxylic acids is 1. The first-order valence-electron chi connectivity index (χ1n) is 6.01. The first-order chi connectivity index (χ1) is 9.40. The van der Waals surface area contributed by atoms with Crippen LogP contribution < -0.4 is 4.90 Å². The quantitative estimate of drug-likeness (QED) is 0.685. The number of anilines is 1. The Hall–Kier alpha value is -1.89. The lowest BCUT2D eigenvalue weighted by Crippen LogP contribution is -2.36. The predicted octanol–water partition coefficient (Wildman–Crippen LogP) is 2.69. The normalized spacial score (nSPS) is 16.2. The Morgan fingerprint density at radius 3 is 2.55 bits per heavy atom. The maximum absolute atomic E-state index is 13.5. The molecule has 8 heteroatoms. The van der Waals surface area contributed by atoms with Gasteiger partial charge in [0.15, 0.2) is 0 Å². The van der Waals surface area contributed by atoms with Crippen molar-refractivity contribution in [3.05, 3.63) is 33.1 Å². The lowest BCUT2D eigenvalue weighted by atomic mass is 9.96. The largest absolute Gasteiger partial charge is 0.481 e. The first-order valence-corrected chi connectivity index (χ1v) is 6.39. The average molecular weight is 303 g/mol. The van der Waals surface area contributed by atoms with Gasteiger partial charge in [-0.25, -0.2) is 4.39 Å². The molecule has 1 heterocycles. The molecule has 0 aliphatic carbocycles. The molecule has 1 fully saturated rings. The van der Waals surface area contributed by atoms with Crippen molar-refractivity contribution in [3.63, 3.8) is 0 Å². The number of hydrogen-bond donors (Lipinski definition) is 1. The fourth-order valence-electron chi connectivity index (χ4n) is 2.29. The second-order valence-corrected chi connectivity index (χ2v) is 5.02. The van der Waals surface area contributed by atoms with Crippen molar-refractivity contribution < 1.29 is 19.2 Å². The highest BCUT2D eigenvalue weighted by Gasteiger charge is 2.29. The summed E-state index contributed by atoms with van der Waals surface area (Å²) in [6.07, 6.45) is 0.744. The summed E-state index contributed by atoms with van der Waals surface area (Å²) in [5, 5.41) is 19.6. The van der Waals surface area contributed by atoms with Crippen LogP contribution in [0.15, 0.2) is 12.1 Å². The molecule has 1 aromatic rings. The second kappa shape index (κ2) is 5.62. The van der Waals surface area contributed by atoms with Crippen molar-refractivity contribution in [1.82, 2.24) is 0 Å². The van der Waals surface area contributed by atoms with Crippen LogP contribution in [0.1, 0.15) is 12.8 Å². The van der Waals surface area contributed by atoms with Crippen LogP contribution >= 0.6 is 11.6 Å². The van der Waals surface area contributed by atoms with Gasteiger partial charge in [-0.1, -0.05) is 11.6 Å². The number of nitro benzene ring substituents is 1. The molecule has 0 bridgehead atoms. The number of hydrogen-bond acceptors (Lipinski definition) is 4. The van der Waals surface area contributed by atoms with Gasteiger partial charge in [0, 0.05) is 25.2 Å². The van der Waals surface area contributed by atoms with Gasteiger partial charge in [-0.2, -0.15) is 0 Å². The molecule has 1 saturated heterocycles. The Labute approximate surface area is 118 Å². The number of carboxylic acid groups (broad SMARTS) is 1. The Morgan fingerprint density at radius 2 is 2.05 bits per heavy atom. The fourth-order valence-corrected chi connectivity index (χ4v) is 2.45. The minimum atomic E-state index is -0.874. The highest BCUT2D eigenvalue weighted by Crippen LogP contribution is 2.35. The minimum Gasteiger partial charge on any atom is -0.481 e. The van der Waals surface area contributed by atoms with Crippen LogP contribution in [0.5, 0.6) is 0 Å². The molecule has 0 unspecified atom stereocenters. The summed E-state index contributed by atoms with van der Waals surface area (Å²) >= 11 is 5.56. The van der Waals surface area contributed by atoms with Crippen molar-refractivity contribution in [1.29, 1.82) is 0 Å². The maximum Gasteiger partial charge on any atom is 0.306 e. The van der Waals surface area contributed by atoms with Crippen LogP contribution in [0.3, 0.4) is 0 Å². The van der Waals surface area contributed by atoms with E-state index in [1.165, 1.54) is 0 Å². The SMILES string of the molecule is O=C(O)C1CCN(c2cc(F)c(Cl)cc2[N+](=O)[O-])CC1. The third kappa shape index (κ3) is 2.82. The molecule has 0 aromatic heterocycles. The number of halogens is 2. The molecule has 108 valence electrons. The third-order valence-electron chi connectivity index (χ3n) is 3.40. The van der Waals surface area contributed by atoms with E-state index in [4.69, 9.17) is 16.7 Å². The molecule has 0 spiro atoms. The summed E-state index contributed by atoms with van der Waals surface area (Å²) in [4.78, 5) is 22.9. The van der Waals surface area contributed by atoms with Crippen molar-refractivity contribution in [2.45, 2.75) is 12.8 Å². The number of nitrogens with zero attached hydrogens (tertiary/aromatic N) is 2. The molecule has 1 aromatic carbocycles. The maximum atomic E-state index is 13.5. The molecule has 0 atom stereocenters. The van der Waals surface area contributed by atoms with E-state index in [-0.39, 0.29) is 16.4 Å². The van der Waals surface area contributed by atoms with Crippen LogP contribution in [0.25, 0.3) is 0 Å². The van der Waals surface area contributed by atoms with Crippen LogP contribution in [-0.2, 0) is 4.79 Å². The summed E-state index contributed by atoms with van der Waals surface area (Å²) < 4.78 is 13.5. The van der Waals surface area contributed by atoms with Gasteiger partial charge < -0.3 is 10.0 Å². The van der Waals surface area contributed by atoms with E-state index in [1.807, 2.05) is 0 Å². The fraction of sp³-hybridized carbons (Fsp3) is 0.417. The molecule has 1 aliphatic heterocycles. The van der Waals surface area contributed by atoms with E-state index >= 15 is 0 Å². The van der Waals surface area contributed by atoms with Crippen LogP contribution in [0.2, 0.25) is 5.02 Å². The second-order valence-electron chi connectivity index (χ2n) is 4.61. The molecular formula is C12H12ClFN2O4. The summed E-state index contributed by atoms with van der Waals surface area (Å²) in [5.41, 5.74) is -0.133. The zero-order chi connectivity index (χ0) is 14.9. The van der Waals surface area contributed by atoms with Crippen molar-refractivity contribution in [2.75, 3.05) is 18.0 Å². The molecule has 6 nitrogen and oxygen atoms in total. The van der Waals surface area contributed by atoms with Gasteiger partial charge in [0.1, 0.15) is 11.5 Å². The third-order valence-corrected chi connectivity index (χ3v) is 3.69. The highest BCUT2D eigenvalue weighted by molar-refractivity contribution is 6.31. The Balaban J connectivity index is 2.27. The highest BCUT2D eigenvalue weighted by atomic mass is 35.5. The van der Waals surface area contributed by atoms with Crippen molar-refractivity contribution in [3.8, 4) is 0 Å². The zero-order valence-corrected chi connectivity index (χ0v) is 11.1. The topological polar surface area (TPSA) is 83.7 Å². The van der Waals surface area contributed by atoms with Crippen molar-refractivity contribution in [2.24, 2.45) is 5.92 Å². The van der Waals surface area contributed by atoms with Crippen LogP contribution in [0.4, 0.5) is 15.8 Å². The van der Waals surface area contributed by atoms with E-state index < -0.39 is 22.6 Å². The van der Waals surface area contributed by atoms with Gasteiger partial charge in [-0.05, 0) is 12.8 Å². The summed E-state index contributed by atoms with van der Waals surface area (Å²) in [5.74, 6) is -2.06. The molecule has 0 saturated carbocycles. The summed E-state index contributed by atoms with van der Waals surface area (Å²) in [6.45, 7) is 0.664. The van der Waals surface area contributed by atoms with E-state index in [0.29, 0.717) is 25.9 Å². The molecule has 0 radical (unpaired) electrons. The first kappa shape index (κ1) is 14.5. The summed E-state index contributed by atoms with van der Waals surface area (Å²) in [7, 11) is 0. The lowest BCUT2D eigenvalue weighted by molar-refractivity contribution is -0.384. The number of benzene rings is 1. The Morgan fingerprint density at radius 1 is 1.45 bits per heavy atom. The number of aliphatic carboxylic acids is 1. The van der Waals surface area contributed by atoms with Gasteiger partial charge in [0.2, 0.25) is 0 Å². The minimum absolute atomic E-state index is 0.140. The molecule has 1 N–H and O–H groups in total. The molecule has 20 heavy (non-hydrogen) atoms. The van der Waals surface area contributed by atoms with E-state index in [1.54, 1.807) is 4.90 Å². The van der Waals surface area contributed by atoms with E-state index in [0.717, 1.165) is 12.1 Å². The number of piperidine rings is 1. The number of nitro groups is 1. The van der Waals surface area contributed by atoms with Gasteiger partial charge in [-0.15, -0.1) is 0 Å².